The van der Waals surface area contributed by atoms with Gasteiger partial charge in [-0.25, -0.2) is 0 Å². The molecule has 0 aliphatic carbocycles. The van der Waals surface area contributed by atoms with Gasteiger partial charge in [-0.2, -0.15) is 0 Å². The van der Waals surface area contributed by atoms with Crippen LogP contribution in [0, 0.1) is 0 Å². The molecule has 1 N–H and O–H groups in total. The average Bonchev–Trinajstić information content (AvgIpc) is 2.89. The smallest absolute Gasteiger partial charge is 0.127 e. The van der Waals surface area contributed by atoms with Crippen molar-refractivity contribution in [3.05, 3.63) is 28.3 Å². The number of fused-ring (bicyclic) bond motifs is 1. The van der Waals surface area contributed by atoms with Crippen LogP contribution in [0.5, 0.6) is 5.75 Å². The van der Waals surface area contributed by atoms with Gasteiger partial charge in [0.1, 0.15) is 5.75 Å². The molecule has 2 atom stereocenters. The van der Waals surface area contributed by atoms with Gasteiger partial charge >= 0.3 is 0 Å². The largest absolute Gasteiger partial charge is 0.493 e. The number of rotatable bonds is 3. The summed E-state index contributed by atoms with van der Waals surface area (Å²) in [6.45, 7) is 5.10. The number of halogens is 1. The minimum Gasteiger partial charge on any atom is -0.493 e. The molecule has 2 aliphatic heterocycles. The Hall–Kier alpha value is -0.810. The standard InChI is InChI=1S/C15H20ClNO3/c1-10-9-20-14(8-18)7-17(10)6-12-5-13(16)4-11-2-3-19-15(11)12/h4-5,10,14,18H,2-3,6-9H2,1H3/t10-,14-/m0/s1. The molecule has 3 rings (SSSR count). The minimum absolute atomic E-state index is 0.0629. The zero-order chi connectivity index (χ0) is 14.1. The van der Waals surface area contributed by atoms with Crippen molar-refractivity contribution >= 4 is 11.6 Å². The summed E-state index contributed by atoms with van der Waals surface area (Å²) >= 11 is 6.20. The normalized spacial score (nSPS) is 26.4. The lowest BCUT2D eigenvalue weighted by molar-refractivity contribution is -0.0806. The molecule has 0 bridgehead atoms. The highest BCUT2D eigenvalue weighted by Crippen LogP contribution is 2.34. The molecule has 5 heteroatoms. The van der Waals surface area contributed by atoms with Crippen molar-refractivity contribution in [3.63, 3.8) is 0 Å². The third-order valence-corrected chi connectivity index (χ3v) is 4.26. The van der Waals surface area contributed by atoms with Crippen LogP contribution < -0.4 is 4.74 Å². The summed E-state index contributed by atoms with van der Waals surface area (Å²) in [7, 11) is 0. The van der Waals surface area contributed by atoms with Gasteiger partial charge in [0.15, 0.2) is 0 Å². The van der Waals surface area contributed by atoms with Crippen molar-refractivity contribution < 1.29 is 14.6 Å². The van der Waals surface area contributed by atoms with Gasteiger partial charge in [0.2, 0.25) is 0 Å². The Labute approximate surface area is 124 Å². The van der Waals surface area contributed by atoms with Crippen molar-refractivity contribution in [3.8, 4) is 5.75 Å². The summed E-state index contributed by atoms with van der Waals surface area (Å²) in [6.07, 6.45) is 0.834. The van der Waals surface area contributed by atoms with E-state index in [1.165, 1.54) is 5.56 Å². The van der Waals surface area contributed by atoms with E-state index in [0.717, 1.165) is 42.5 Å². The number of aliphatic hydroxyl groups is 1. The first-order valence-electron chi connectivity index (χ1n) is 7.08. The van der Waals surface area contributed by atoms with Crippen molar-refractivity contribution in [2.45, 2.75) is 32.0 Å². The van der Waals surface area contributed by atoms with Crippen LogP contribution in [0.4, 0.5) is 0 Å². The fourth-order valence-electron chi connectivity index (χ4n) is 2.89. The van der Waals surface area contributed by atoms with E-state index in [4.69, 9.17) is 21.1 Å². The first-order chi connectivity index (χ1) is 9.67. The molecule has 0 spiro atoms. The number of nitrogens with zero attached hydrogens (tertiary/aromatic N) is 1. The predicted octanol–water partition coefficient (Wildman–Crippen LogP) is 1.86. The lowest BCUT2D eigenvalue weighted by atomic mass is 10.1. The maximum atomic E-state index is 9.26. The summed E-state index contributed by atoms with van der Waals surface area (Å²) in [5.41, 5.74) is 2.34. The molecule has 0 unspecified atom stereocenters. The molecule has 1 aromatic carbocycles. The predicted molar refractivity (Wildman–Crippen MR) is 77.3 cm³/mol. The Bertz CT molecular complexity index is 494. The highest BCUT2D eigenvalue weighted by atomic mass is 35.5. The van der Waals surface area contributed by atoms with E-state index in [9.17, 15) is 5.11 Å². The van der Waals surface area contributed by atoms with Gasteiger partial charge in [0, 0.05) is 36.1 Å². The molecule has 1 aromatic rings. The van der Waals surface area contributed by atoms with E-state index in [1.807, 2.05) is 12.1 Å². The molecular weight excluding hydrogens is 278 g/mol. The van der Waals surface area contributed by atoms with Crippen LogP contribution in [-0.2, 0) is 17.7 Å². The Morgan fingerprint density at radius 1 is 1.45 bits per heavy atom. The second-order valence-electron chi connectivity index (χ2n) is 5.57. The number of morpholine rings is 1. The molecule has 1 saturated heterocycles. The topological polar surface area (TPSA) is 41.9 Å². The highest BCUT2D eigenvalue weighted by molar-refractivity contribution is 6.30. The molecule has 0 aromatic heterocycles. The average molecular weight is 298 g/mol. The summed E-state index contributed by atoms with van der Waals surface area (Å²) in [4.78, 5) is 2.32. The van der Waals surface area contributed by atoms with Gasteiger partial charge in [-0.15, -0.1) is 0 Å². The quantitative estimate of drug-likeness (QED) is 0.925. The van der Waals surface area contributed by atoms with Gasteiger partial charge < -0.3 is 14.6 Å². The zero-order valence-electron chi connectivity index (χ0n) is 11.6. The van der Waals surface area contributed by atoms with E-state index >= 15 is 0 Å². The highest BCUT2D eigenvalue weighted by Gasteiger charge is 2.27. The van der Waals surface area contributed by atoms with Crippen LogP contribution in [0.25, 0.3) is 0 Å². The van der Waals surface area contributed by atoms with Crippen molar-refractivity contribution in [1.29, 1.82) is 0 Å². The number of ether oxygens (including phenoxy) is 2. The zero-order valence-corrected chi connectivity index (χ0v) is 12.4. The summed E-state index contributed by atoms with van der Waals surface area (Å²) in [6, 6.07) is 4.31. The van der Waals surface area contributed by atoms with Gasteiger partial charge in [0.25, 0.3) is 0 Å². The first kappa shape index (κ1) is 14.1. The van der Waals surface area contributed by atoms with E-state index in [-0.39, 0.29) is 12.7 Å². The summed E-state index contributed by atoms with van der Waals surface area (Å²) in [5.74, 6) is 0.994. The number of aliphatic hydroxyl groups excluding tert-OH is 1. The van der Waals surface area contributed by atoms with Crippen LogP contribution in [0.2, 0.25) is 5.02 Å². The molecule has 0 saturated carbocycles. The Kier molecular flexibility index (Phi) is 4.17. The van der Waals surface area contributed by atoms with Crippen molar-refractivity contribution in [2.75, 3.05) is 26.4 Å². The van der Waals surface area contributed by atoms with Crippen molar-refractivity contribution in [2.24, 2.45) is 0 Å². The molecular formula is C15H20ClNO3. The first-order valence-corrected chi connectivity index (χ1v) is 7.45. The molecule has 2 heterocycles. The van der Waals surface area contributed by atoms with E-state index in [1.54, 1.807) is 0 Å². The molecule has 2 aliphatic rings. The second kappa shape index (κ2) is 5.90. The summed E-state index contributed by atoms with van der Waals surface area (Å²) < 4.78 is 11.3. The van der Waals surface area contributed by atoms with Gasteiger partial charge in [-0.05, 0) is 24.6 Å². The second-order valence-corrected chi connectivity index (χ2v) is 6.00. The Morgan fingerprint density at radius 2 is 2.30 bits per heavy atom. The van der Waals surface area contributed by atoms with E-state index in [2.05, 4.69) is 11.8 Å². The monoisotopic (exact) mass is 297 g/mol. The fourth-order valence-corrected chi connectivity index (χ4v) is 3.15. The number of hydrogen-bond donors (Lipinski definition) is 1. The molecule has 4 nitrogen and oxygen atoms in total. The third-order valence-electron chi connectivity index (χ3n) is 4.04. The van der Waals surface area contributed by atoms with Crippen LogP contribution in [0.1, 0.15) is 18.1 Å². The number of hydrogen-bond acceptors (Lipinski definition) is 4. The van der Waals surface area contributed by atoms with Crippen LogP contribution in [0.15, 0.2) is 12.1 Å². The fraction of sp³-hybridized carbons (Fsp3) is 0.600. The van der Waals surface area contributed by atoms with Gasteiger partial charge in [-0.1, -0.05) is 11.6 Å². The maximum Gasteiger partial charge on any atom is 0.127 e. The number of benzene rings is 1. The maximum absolute atomic E-state index is 9.26. The van der Waals surface area contributed by atoms with Crippen LogP contribution in [0.3, 0.4) is 0 Å². The van der Waals surface area contributed by atoms with Gasteiger partial charge in [0.05, 0.1) is 25.9 Å². The van der Waals surface area contributed by atoms with Crippen molar-refractivity contribution in [1.82, 2.24) is 4.90 Å². The Balaban J connectivity index is 1.80. The minimum atomic E-state index is -0.0978. The third kappa shape index (κ3) is 2.79. The van der Waals surface area contributed by atoms with E-state index in [0.29, 0.717) is 12.6 Å². The lowest BCUT2D eigenvalue weighted by Crippen LogP contribution is -2.48. The van der Waals surface area contributed by atoms with Gasteiger partial charge in [-0.3, -0.25) is 4.90 Å². The molecule has 0 radical (unpaired) electrons. The SMILES string of the molecule is C[C@H]1CO[C@H](CO)CN1Cc1cc(Cl)cc2c1OCC2. The molecule has 20 heavy (non-hydrogen) atoms. The molecule has 1 fully saturated rings. The summed E-state index contributed by atoms with van der Waals surface area (Å²) in [5, 5.41) is 10.0. The van der Waals surface area contributed by atoms with Crippen LogP contribution >= 0.6 is 11.6 Å². The lowest BCUT2D eigenvalue weighted by Gasteiger charge is -2.37. The van der Waals surface area contributed by atoms with Crippen LogP contribution in [-0.4, -0.2) is 48.5 Å². The van der Waals surface area contributed by atoms with E-state index < -0.39 is 0 Å². The Morgan fingerprint density at radius 3 is 3.10 bits per heavy atom. The molecule has 0 amide bonds. The molecule has 110 valence electrons.